The Labute approximate surface area is 140 Å². The molecular weight excluding hydrogens is 310 g/mol. The van der Waals surface area contributed by atoms with Crippen LogP contribution in [-0.4, -0.2) is 32.2 Å². The Morgan fingerprint density at radius 3 is 2.25 bits per heavy atom. The Bertz CT molecular complexity index is 729. The summed E-state index contributed by atoms with van der Waals surface area (Å²) in [5, 5.41) is 2.67. The molecule has 1 amide bonds. The van der Waals surface area contributed by atoms with Crippen molar-refractivity contribution in [2.75, 3.05) is 19.5 Å². The Hall–Kier alpha value is -3.02. The second-order valence-corrected chi connectivity index (χ2v) is 5.00. The van der Waals surface area contributed by atoms with Crippen LogP contribution >= 0.6 is 0 Å². The predicted octanol–water partition coefficient (Wildman–Crippen LogP) is 2.89. The Balaban J connectivity index is 1.98. The minimum absolute atomic E-state index is 0.315. The van der Waals surface area contributed by atoms with Gasteiger partial charge in [0.2, 0.25) is 0 Å². The molecule has 0 aliphatic rings. The summed E-state index contributed by atoms with van der Waals surface area (Å²) in [6.07, 6.45) is -0.949. The van der Waals surface area contributed by atoms with Crippen molar-refractivity contribution in [3.63, 3.8) is 0 Å². The number of rotatable bonds is 6. The Kier molecular flexibility index (Phi) is 5.78. The highest BCUT2D eigenvalue weighted by molar-refractivity contribution is 5.97. The maximum absolute atomic E-state index is 12.1. The number of nitrogens with one attached hydrogen (secondary N) is 1. The molecule has 126 valence electrons. The molecule has 0 fully saturated rings. The van der Waals surface area contributed by atoms with Gasteiger partial charge in [0.15, 0.2) is 6.10 Å². The zero-order chi connectivity index (χ0) is 17.5. The summed E-state index contributed by atoms with van der Waals surface area (Å²) in [5.41, 5.74) is 0.874. The SMILES string of the molecule is COc1cccc(NC(=O)[C@@H](C)OC(=O)c2cccc(OC)c2)c1. The van der Waals surface area contributed by atoms with Gasteiger partial charge < -0.3 is 19.5 Å². The third-order valence-electron chi connectivity index (χ3n) is 3.30. The van der Waals surface area contributed by atoms with Gasteiger partial charge in [0, 0.05) is 11.8 Å². The molecule has 24 heavy (non-hydrogen) atoms. The zero-order valence-electron chi connectivity index (χ0n) is 13.7. The van der Waals surface area contributed by atoms with Gasteiger partial charge in [-0.25, -0.2) is 4.79 Å². The van der Waals surface area contributed by atoms with Crippen LogP contribution in [0, 0.1) is 0 Å². The van der Waals surface area contributed by atoms with Crippen LogP contribution in [0.4, 0.5) is 5.69 Å². The van der Waals surface area contributed by atoms with Crippen LogP contribution in [0.5, 0.6) is 11.5 Å². The van der Waals surface area contributed by atoms with E-state index in [1.165, 1.54) is 14.0 Å². The smallest absolute Gasteiger partial charge is 0.339 e. The Morgan fingerprint density at radius 1 is 0.958 bits per heavy atom. The molecule has 0 heterocycles. The van der Waals surface area contributed by atoms with Crippen LogP contribution < -0.4 is 14.8 Å². The molecule has 0 radical (unpaired) electrons. The first kappa shape index (κ1) is 17.3. The first-order valence-corrected chi connectivity index (χ1v) is 7.33. The lowest BCUT2D eigenvalue weighted by Gasteiger charge is -2.14. The molecule has 0 aliphatic heterocycles. The summed E-state index contributed by atoms with van der Waals surface area (Å²) < 4.78 is 15.3. The highest BCUT2D eigenvalue weighted by Crippen LogP contribution is 2.18. The van der Waals surface area contributed by atoms with Gasteiger partial charge in [0.1, 0.15) is 11.5 Å². The topological polar surface area (TPSA) is 73.9 Å². The van der Waals surface area contributed by atoms with Crippen molar-refractivity contribution in [2.24, 2.45) is 0 Å². The first-order chi connectivity index (χ1) is 11.5. The minimum Gasteiger partial charge on any atom is -0.497 e. The van der Waals surface area contributed by atoms with Gasteiger partial charge in [-0.3, -0.25) is 4.79 Å². The van der Waals surface area contributed by atoms with E-state index in [0.29, 0.717) is 22.7 Å². The van der Waals surface area contributed by atoms with E-state index in [-0.39, 0.29) is 0 Å². The first-order valence-electron chi connectivity index (χ1n) is 7.33. The number of esters is 1. The predicted molar refractivity (Wildman–Crippen MR) is 89.5 cm³/mol. The number of hydrogen-bond acceptors (Lipinski definition) is 5. The number of hydrogen-bond donors (Lipinski definition) is 1. The number of benzene rings is 2. The molecule has 6 heteroatoms. The summed E-state index contributed by atoms with van der Waals surface area (Å²) >= 11 is 0. The summed E-state index contributed by atoms with van der Waals surface area (Å²) in [4.78, 5) is 24.3. The van der Waals surface area contributed by atoms with E-state index in [2.05, 4.69) is 5.32 Å². The van der Waals surface area contributed by atoms with Crippen LogP contribution in [-0.2, 0) is 9.53 Å². The van der Waals surface area contributed by atoms with E-state index >= 15 is 0 Å². The van der Waals surface area contributed by atoms with Crippen molar-refractivity contribution >= 4 is 17.6 Å². The average Bonchev–Trinajstić information content (AvgIpc) is 2.61. The fourth-order valence-electron chi connectivity index (χ4n) is 1.98. The second kappa shape index (κ2) is 8.01. The van der Waals surface area contributed by atoms with Crippen molar-refractivity contribution in [3.8, 4) is 11.5 Å². The van der Waals surface area contributed by atoms with Crippen LogP contribution in [0.1, 0.15) is 17.3 Å². The quantitative estimate of drug-likeness (QED) is 0.825. The largest absolute Gasteiger partial charge is 0.497 e. The Morgan fingerprint density at radius 2 is 1.58 bits per heavy atom. The summed E-state index contributed by atoms with van der Waals surface area (Å²) in [7, 11) is 3.05. The van der Waals surface area contributed by atoms with Gasteiger partial charge in [-0.05, 0) is 37.3 Å². The zero-order valence-corrected chi connectivity index (χ0v) is 13.7. The average molecular weight is 329 g/mol. The molecule has 0 bridgehead atoms. The standard InChI is InChI=1S/C18H19NO5/c1-12(17(20)19-14-7-5-9-16(11-14)23-3)24-18(21)13-6-4-8-15(10-13)22-2/h4-12H,1-3H3,(H,19,20)/t12-/m1/s1. The monoisotopic (exact) mass is 329 g/mol. The van der Waals surface area contributed by atoms with Gasteiger partial charge in [0.05, 0.1) is 19.8 Å². The summed E-state index contributed by atoms with van der Waals surface area (Å²) in [6.45, 7) is 1.51. The molecule has 0 saturated carbocycles. The normalized spacial score (nSPS) is 11.3. The minimum atomic E-state index is -0.949. The molecule has 6 nitrogen and oxygen atoms in total. The van der Waals surface area contributed by atoms with E-state index in [4.69, 9.17) is 14.2 Å². The van der Waals surface area contributed by atoms with Crippen LogP contribution in [0.2, 0.25) is 0 Å². The molecule has 1 atom stereocenters. The molecule has 0 aromatic heterocycles. The molecule has 2 aromatic rings. The lowest BCUT2D eigenvalue weighted by molar-refractivity contribution is -0.123. The summed E-state index contributed by atoms with van der Waals surface area (Å²) in [5.74, 6) is 0.133. The highest BCUT2D eigenvalue weighted by Gasteiger charge is 2.19. The van der Waals surface area contributed by atoms with Gasteiger partial charge in [-0.2, -0.15) is 0 Å². The van der Waals surface area contributed by atoms with Crippen molar-refractivity contribution < 1.29 is 23.8 Å². The number of carbonyl (C=O) groups excluding carboxylic acids is 2. The number of anilines is 1. The molecule has 0 aliphatic carbocycles. The van der Waals surface area contributed by atoms with Crippen molar-refractivity contribution in [2.45, 2.75) is 13.0 Å². The molecule has 2 rings (SSSR count). The molecule has 0 unspecified atom stereocenters. The van der Waals surface area contributed by atoms with Gasteiger partial charge >= 0.3 is 5.97 Å². The van der Waals surface area contributed by atoms with Gasteiger partial charge in [0.25, 0.3) is 5.91 Å². The lowest BCUT2D eigenvalue weighted by atomic mass is 10.2. The number of ether oxygens (including phenoxy) is 3. The van der Waals surface area contributed by atoms with Crippen molar-refractivity contribution in [1.82, 2.24) is 0 Å². The maximum Gasteiger partial charge on any atom is 0.339 e. The van der Waals surface area contributed by atoms with E-state index in [9.17, 15) is 9.59 Å². The molecular formula is C18H19NO5. The van der Waals surface area contributed by atoms with Crippen LogP contribution in [0.25, 0.3) is 0 Å². The summed E-state index contributed by atoms with van der Waals surface area (Å²) in [6, 6.07) is 13.5. The lowest BCUT2D eigenvalue weighted by Crippen LogP contribution is -2.30. The van der Waals surface area contributed by atoms with E-state index in [1.807, 2.05) is 0 Å². The molecule has 0 saturated heterocycles. The fraction of sp³-hybridized carbons (Fsp3) is 0.222. The van der Waals surface area contributed by atoms with Crippen LogP contribution in [0.15, 0.2) is 48.5 Å². The van der Waals surface area contributed by atoms with Crippen molar-refractivity contribution in [3.05, 3.63) is 54.1 Å². The van der Waals surface area contributed by atoms with Gasteiger partial charge in [-0.15, -0.1) is 0 Å². The second-order valence-electron chi connectivity index (χ2n) is 5.00. The molecule has 0 spiro atoms. The fourth-order valence-corrected chi connectivity index (χ4v) is 1.98. The maximum atomic E-state index is 12.1. The highest BCUT2D eigenvalue weighted by atomic mass is 16.5. The van der Waals surface area contributed by atoms with E-state index < -0.39 is 18.0 Å². The van der Waals surface area contributed by atoms with E-state index in [0.717, 1.165) is 0 Å². The number of methoxy groups -OCH3 is 2. The van der Waals surface area contributed by atoms with Crippen LogP contribution in [0.3, 0.4) is 0 Å². The molecule has 1 N–H and O–H groups in total. The third kappa shape index (κ3) is 4.49. The van der Waals surface area contributed by atoms with Crippen molar-refractivity contribution in [1.29, 1.82) is 0 Å². The van der Waals surface area contributed by atoms with Gasteiger partial charge in [-0.1, -0.05) is 12.1 Å². The van der Waals surface area contributed by atoms with E-state index in [1.54, 1.807) is 55.6 Å². The number of amides is 1. The molecule has 2 aromatic carbocycles. The number of carbonyl (C=O) groups is 2. The third-order valence-corrected chi connectivity index (χ3v) is 3.30.